The quantitative estimate of drug-likeness (QED) is 0.591. The van der Waals surface area contributed by atoms with Crippen LogP contribution in [0.3, 0.4) is 0 Å². The first-order chi connectivity index (χ1) is 11.0. The van der Waals surface area contributed by atoms with E-state index in [9.17, 15) is 14.7 Å². The molecular weight excluding hydrogens is 298 g/mol. The van der Waals surface area contributed by atoms with Gasteiger partial charge in [0.15, 0.2) is 5.41 Å². The van der Waals surface area contributed by atoms with Crippen LogP contribution in [0.5, 0.6) is 0 Å². The largest absolute Gasteiger partial charge is 0.480 e. The number of hydrogen-bond acceptors (Lipinski definition) is 4. The fourth-order valence-electron chi connectivity index (χ4n) is 4.21. The minimum absolute atomic E-state index is 0.0210. The van der Waals surface area contributed by atoms with Gasteiger partial charge in [0.1, 0.15) is 0 Å². The summed E-state index contributed by atoms with van der Waals surface area (Å²) in [6.45, 7) is 3.96. The SMILES string of the molecule is CCO[C@@H]1C[C@@H](NC(=O)C2(C(=O)O)CC=CC2)C12CCOCC2. The standard InChI is InChI=1S/C17H25NO5/c1-2-23-13-11-12(16(13)7-9-22-10-8-16)18-14(19)17(15(20)21)5-3-4-6-17/h3-4,12-13H,2,5-11H2,1H3,(H,18,19)(H,20,21)/t12-,13-/m1/s1. The van der Waals surface area contributed by atoms with Crippen LogP contribution in [-0.2, 0) is 19.1 Å². The molecule has 2 fully saturated rings. The molecule has 6 heteroatoms. The number of carbonyl (C=O) groups excluding carboxylic acids is 1. The number of carboxylic acids is 1. The van der Waals surface area contributed by atoms with Gasteiger partial charge in [0.05, 0.1) is 6.10 Å². The number of hydrogen-bond donors (Lipinski definition) is 2. The van der Waals surface area contributed by atoms with Crippen molar-refractivity contribution in [2.24, 2.45) is 10.8 Å². The number of carbonyl (C=O) groups is 2. The molecule has 1 heterocycles. The molecular formula is C17H25NO5. The molecule has 1 aliphatic heterocycles. The highest BCUT2D eigenvalue weighted by Gasteiger charge is 2.58. The highest BCUT2D eigenvalue weighted by molar-refractivity contribution is 6.03. The normalized spacial score (nSPS) is 30.8. The van der Waals surface area contributed by atoms with Crippen LogP contribution in [0.2, 0.25) is 0 Å². The van der Waals surface area contributed by atoms with E-state index in [0.717, 1.165) is 19.3 Å². The molecule has 0 aromatic rings. The predicted molar refractivity (Wildman–Crippen MR) is 82.9 cm³/mol. The zero-order chi connectivity index (χ0) is 16.5. The molecule has 0 unspecified atom stereocenters. The number of allylic oxidation sites excluding steroid dienone is 2. The van der Waals surface area contributed by atoms with Gasteiger partial charge >= 0.3 is 5.97 Å². The number of nitrogens with one attached hydrogen (secondary N) is 1. The van der Waals surface area contributed by atoms with E-state index in [0.29, 0.717) is 19.8 Å². The van der Waals surface area contributed by atoms with E-state index < -0.39 is 11.4 Å². The van der Waals surface area contributed by atoms with E-state index in [-0.39, 0.29) is 36.3 Å². The third kappa shape index (κ3) is 2.58. The molecule has 0 radical (unpaired) electrons. The van der Waals surface area contributed by atoms with Crippen LogP contribution in [0.25, 0.3) is 0 Å². The fraction of sp³-hybridized carbons (Fsp3) is 0.765. The fourth-order valence-corrected chi connectivity index (χ4v) is 4.21. The van der Waals surface area contributed by atoms with Crippen molar-refractivity contribution in [1.82, 2.24) is 5.32 Å². The molecule has 0 aromatic heterocycles. The van der Waals surface area contributed by atoms with Crippen molar-refractivity contribution in [3.8, 4) is 0 Å². The highest BCUT2D eigenvalue weighted by Crippen LogP contribution is 2.51. The first kappa shape index (κ1) is 16.5. The van der Waals surface area contributed by atoms with Gasteiger partial charge in [-0.3, -0.25) is 9.59 Å². The maximum atomic E-state index is 12.7. The van der Waals surface area contributed by atoms with Gasteiger partial charge in [-0.25, -0.2) is 0 Å². The van der Waals surface area contributed by atoms with Gasteiger partial charge in [-0.15, -0.1) is 0 Å². The topological polar surface area (TPSA) is 84.9 Å². The van der Waals surface area contributed by atoms with Crippen molar-refractivity contribution >= 4 is 11.9 Å². The first-order valence-electron chi connectivity index (χ1n) is 8.44. The van der Waals surface area contributed by atoms with Gasteiger partial charge in [-0.1, -0.05) is 12.2 Å². The lowest BCUT2D eigenvalue weighted by molar-refractivity contribution is -0.179. The highest BCUT2D eigenvalue weighted by atomic mass is 16.5. The molecule has 2 aliphatic carbocycles. The Hall–Kier alpha value is -1.40. The second kappa shape index (κ2) is 6.24. The zero-order valence-electron chi connectivity index (χ0n) is 13.5. The van der Waals surface area contributed by atoms with Crippen LogP contribution in [-0.4, -0.2) is 48.9 Å². The Labute approximate surface area is 136 Å². The number of aliphatic carboxylic acids is 1. The van der Waals surface area contributed by atoms with E-state index in [1.165, 1.54) is 0 Å². The van der Waals surface area contributed by atoms with Gasteiger partial charge in [0, 0.05) is 31.3 Å². The molecule has 0 bridgehead atoms. The van der Waals surface area contributed by atoms with Gasteiger partial charge < -0.3 is 19.9 Å². The molecule has 2 atom stereocenters. The number of amides is 1. The van der Waals surface area contributed by atoms with Crippen LogP contribution in [0.4, 0.5) is 0 Å². The Bertz CT molecular complexity index is 501. The molecule has 3 aliphatic rings. The number of carboxylic acid groups (broad SMARTS) is 1. The van der Waals surface area contributed by atoms with Crippen molar-refractivity contribution < 1.29 is 24.2 Å². The minimum Gasteiger partial charge on any atom is -0.480 e. The molecule has 2 N–H and O–H groups in total. The molecule has 3 rings (SSSR count). The van der Waals surface area contributed by atoms with Crippen molar-refractivity contribution in [2.75, 3.05) is 19.8 Å². The summed E-state index contributed by atoms with van der Waals surface area (Å²) < 4.78 is 11.3. The van der Waals surface area contributed by atoms with Crippen molar-refractivity contribution in [2.45, 2.75) is 51.2 Å². The summed E-state index contributed by atoms with van der Waals surface area (Å²) in [6, 6.07) is -0.0210. The van der Waals surface area contributed by atoms with Gasteiger partial charge in [0.2, 0.25) is 5.91 Å². The summed E-state index contributed by atoms with van der Waals surface area (Å²) in [7, 11) is 0. The van der Waals surface area contributed by atoms with Crippen LogP contribution in [0.15, 0.2) is 12.2 Å². The van der Waals surface area contributed by atoms with Gasteiger partial charge in [-0.05, 0) is 39.0 Å². The third-order valence-electron chi connectivity index (χ3n) is 5.83. The van der Waals surface area contributed by atoms with Crippen molar-refractivity contribution in [1.29, 1.82) is 0 Å². The Kier molecular flexibility index (Phi) is 4.47. The summed E-state index contributed by atoms with van der Waals surface area (Å²) in [6.07, 6.45) is 6.68. The molecule has 6 nitrogen and oxygen atoms in total. The van der Waals surface area contributed by atoms with Crippen LogP contribution in [0, 0.1) is 10.8 Å². The Morgan fingerprint density at radius 3 is 2.52 bits per heavy atom. The van der Waals surface area contributed by atoms with Crippen molar-refractivity contribution in [3.05, 3.63) is 12.2 Å². The van der Waals surface area contributed by atoms with Crippen LogP contribution < -0.4 is 5.32 Å². The lowest BCUT2D eigenvalue weighted by Crippen LogP contribution is -2.67. The van der Waals surface area contributed by atoms with E-state index in [2.05, 4.69) is 5.32 Å². The average molecular weight is 323 g/mol. The van der Waals surface area contributed by atoms with Crippen molar-refractivity contribution in [3.63, 3.8) is 0 Å². The Balaban J connectivity index is 1.72. The molecule has 1 amide bonds. The summed E-state index contributed by atoms with van der Waals surface area (Å²) in [5.41, 5.74) is -1.43. The van der Waals surface area contributed by atoms with E-state index in [1.807, 2.05) is 6.92 Å². The summed E-state index contributed by atoms with van der Waals surface area (Å²) in [4.78, 5) is 24.3. The second-order valence-corrected chi connectivity index (χ2v) is 6.82. The lowest BCUT2D eigenvalue weighted by atomic mass is 9.57. The predicted octanol–water partition coefficient (Wildman–Crippen LogP) is 1.50. The number of rotatable bonds is 5. The van der Waals surface area contributed by atoms with Gasteiger partial charge in [-0.2, -0.15) is 0 Å². The van der Waals surface area contributed by atoms with E-state index in [1.54, 1.807) is 12.2 Å². The molecule has 128 valence electrons. The van der Waals surface area contributed by atoms with E-state index >= 15 is 0 Å². The lowest BCUT2D eigenvalue weighted by Gasteiger charge is -2.57. The zero-order valence-corrected chi connectivity index (χ0v) is 13.5. The maximum Gasteiger partial charge on any atom is 0.319 e. The molecule has 1 saturated carbocycles. The maximum absolute atomic E-state index is 12.7. The van der Waals surface area contributed by atoms with E-state index in [4.69, 9.17) is 9.47 Å². The summed E-state index contributed by atoms with van der Waals surface area (Å²) in [5, 5.41) is 12.6. The second-order valence-electron chi connectivity index (χ2n) is 6.82. The van der Waals surface area contributed by atoms with Crippen LogP contribution >= 0.6 is 0 Å². The minimum atomic E-state index is -1.33. The summed E-state index contributed by atoms with van der Waals surface area (Å²) in [5.74, 6) is -1.40. The monoisotopic (exact) mass is 323 g/mol. The summed E-state index contributed by atoms with van der Waals surface area (Å²) >= 11 is 0. The van der Waals surface area contributed by atoms with Gasteiger partial charge in [0.25, 0.3) is 0 Å². The number of ether oxygens (including phenoxy) is 2. The third-order valence-corrected chi connectivity index (χ3v) is 5.83. The Morgan fingerprint density at radius 2 is 1.96 bits per heavy atom. The molecule has 23 heavy (non-hydrogen) atoms. The Morgan fingerprint density at radius 1 is 1.30 bits per heavy atom. The first-order valence-corrected chi connectivity index (χ1v) is 8.44. The average Bonchev–Trinajstić information content (AvgIpc) is 3.06. The van der Waals surface area contributed by atoms with Crippen LogP contribution in [0.1, 0.15) is 39.0 Å². The smallest absolute Gasteiger partial charge is 0.319 e. The molecule has 0 aromatic carbocycles. The molecule has 1 saturated heterocycles. The molecule has 1 spiro atoms.